The van der Waals surface area contributed by atoms with Crippen LogP contribution in [0.4, 0.5) is 0 Å². The second-order valence-corrected chi connectivity index (χ2v) is 8.87. The number of nitrogens with one attached hydrogen (secondary N) is 1. The van der Waals surface area contributed by atoms with Crippen molar-refractivity contribution >= 4 is 22.0 Å². The number of hydrogen-bond acceptors (Lipinski definition) is 6. The van der Waals surface area contributed by atoms with Crippen LogP contribution in [0.25, 0.3) is 0 Å². The lowest BCUT2D eigenvalue weighted by molar-refractivity contribution is -0.140. The fourth-order valence-corrected chi connectivity index (χ4v) is 4.11. The monoisotopic (exact) mass is 397 g/mol. The maximum Gasteiger partial charge on any atom is 0.331 e. The molecule has 0 amide bonds. The van der Waals surface area contributed by atoms with Gasteiger partial charge in [-0.05, 0) is 17.9 Å². The highest BCUT2D eigenvalue weighted by Gasteiger charge is 2.26. The van der Waals surface area contributed by atoms with Crippen LogP contribution in [0.5, 0.6) is 0 Å². The van der Waals surface area contributed by atoms with Crippen LogP contribution in [0.2, 0.25) is 0 Å². The van der Waals surface area contributed by atoms with E-state index >= 15 is 0 Å². The first-order valence-electron chi connectivity index (χ1n) is 8.59. The second-order valence-electron chi connectivity index (χ2n) is 7.12. The molecule has 1 rings (SSSR count). The van der Waals surface area contributed by atoms with Crippen molar-refractivity contribution < 1.29 is 27.5 Å². The fraction of sp³-hybridized carbons (Fsp3) is 0.474. The van der Waals surface area contributed by atoms with E-state index in [4.69, 9.17) is 4.74 Å². The van der Waals surface area contributed by atoms with Crippen LogP contribution in [0, 0.1) is 5.41 Å². The third-order valence-corrected chi connectivity index (χ3v) is 5.07. The molecule has 1 N–H and O–H groups in total. The molecule has 1 aromatic rings. The van der Waals surface area contributed by atoms with Gasteiger partial charge in [0.1, 0.15) is 6.61 Å². The van der Waals surface area contributed by atoms with Crippen molar-refractivity contribution in [2.75, 3.05) is 19.0 Å². The van der Waals surface area contributed by atoms with E-state index in [0.717, 1.165) is 12.2 Å². The van der Waals surface area contributed by atoms with Gasteiger partial charge in [-0.1, -0.05) is 51.1 Å². The first-order valence-corrected chi connectivity index (χ1v) is 10.2. The first kappa shape index (κ1) is 22.9. The van der Waals surface area contributed by atoms with Crippen LogP contribution in [-0.2, 0) is 29.1 Å². The highest BCUT2D eigenvalue weighted by atomic mass is 32.2. The van der Waals surface area contributed by atoms with Crippen LogP contribution < -0.4 is 4.72 Å². The summed E-state index contributed by atoms with van der Waals surface area (Å²) < 4.78 is 37.2. The van der Waals surface area contributed by atoms with Gasteiger partial charge in [0.25, 0.3) is 0 Å². The Hall–Kier alpha value is -2.19. The summed E-state index contributed by atoms with van der Waals surface area (Å²) in [6, 6.07) is 8.09. The molecule has 1 unspecified atom stereocenters. The molecule has 150 valence electrons. The number of sulfonamides is 1. The fourth-order valence-electron chi connectivity index (χ4n) is 2.25. The van der Waals surface area contributed by atoms with E-state index < -0.39 is 33.4 Å². The number of hydrogen-bond donors (Lipinski definition) is 1. The predicted octanol–water partition coefficient (Wildman–Crippen LogP) is 2.36. The van der Waals surface area contributed by atoms with Crippen LogP contribution in [0.15, 0.2) is 42.5 Å². The van der Waals surface area contributed by atoms with E-state index in [9.17, 15) is 18.0 Å². The Morgan fingerprint density at radius 3 is 2.15 bits per heavy atom. The lowest BCUT2D eigenvalue weighted by Crippen LogP contribution is -2.37. The average Bonchev–Trinajstić information content (AvgIpc) is 2.55. The molecule has 0 saturated heterocycles. The quantitative estimate of drug-likeness (QED) is 0.507. The molecular formula is C19H27NO6S. The van der Waals surface area contributed by atoms with Crippen molar-refractivity contribution in [3.63, 3.8) is 0 Å². The van der Waals surface area contributed by atoms with E-state index in [1.165, 1.54) is 0 Å². The van der Waals surface area contributed by atoms with E-state index in [2.05, 4.69) is 9.46 Å². The van der Waals surface area contributed by atoms with Crippen LogP contribution in [0.3, 0.4) is 0 Å². The average molecular weight is 397 g/mol. The molecule has 0 aliphatic heterocycles. The summed E-state index contributed by atoms with van der Waals surface area (Å²) in [5, 5.41) is 0. The molecule has 0 bridgehead atoms. The number of carbonyl (C=O) groups is 2. The van der Waals surface area contributed by atoms with Gasteiger partial charge in [0.05, 0.1) is 18.4 Å². The molecule has 27 heavy (non-hydrogen) atoms. The first-order chi connectivity index (χ1) is 12.5. The van der Waals surface area contributed by atoms with Crippen molar-refractivity contribution in [2.24, 2.45) is 5.41 Å². The Balaban J connectivity index is 2.82. The Bertz CT molecular complexity index is 750. The molecule has 0 aromatic heterocycles. The maximum absolute atomic E-state index is 12.4. The summed E-state index contributed by atoms with van der Waals surface area (Å²) in [4.78, 5) is 23.0. The van der Waals surface area contributed by atoms with E-state index in [1.54, 1.807) is 37.3 Å². The molecule has 0 radical (unpaired) electrons. The third kappa shape index (κ3) is 9.91. The number of rotatable bonds is 9. The molecular weight excluding hydrogens is 370 g/mol. The minimum Gasteiger partial charge on any atom is -0.463 e. The lowest BCUT2D eigenvalue weighted by atomic mass is 10.0. The standard InChI is InChI=1S/C19H27NO6S/c1-5-25-17(21)11-12-18(22)26-13-16(15-9-7-6-8-10-15)20-27(23,24)14-19(2,3)4/h6-12,16,20H,5,13-14H2,1-4H3/b12-11+. The molecule has 0 fully saturated rings. The Kier molecular flexibility index (Phi) is 8.65. The van der Waals surface area contributed by atoms with Gasteiger partial charge >= 0.3 is 11.9 Å². The van der Waals surface area contributed by atoms with Crippen molar-refractivity contribution in [1.29, 1.82) is 0 Å². The summed E-state index contributed by atoms with van der Waals surface area (Å²) in [5.41, 5.74) is 0.240. The molecule has 0 aliphatic carbocycles. The highest BCUT2D eigenvalue weighted by Crippen LogP contribution is 2.19. The van der Waals surface area contributed by atoms with Gasteiger partial charge in [-0.2, -0.15) is 0 Å². The molecule has 1 atom stereocenters. The molecule has 0 heterocycles. The number of benzene rings is 1. The SMILES string of the molecule is CCOC(=O)/C=C/C(=O)OCC(NS(=O)(=O)CC(C)(C)C)c1ccccc1. The number of esters is 2. The summed E-state index contributed by atoms with van der Waals surface area (Å²) in [6.07, 6.45) is 1.91. The summed E-state index contributed by atoms with van der Waals surface area (Å²) in [7, 11) is -3.60. The van der Waals surface area contributed by atoms with Gasteiger partial charge in [0.15, 0.2) is 0 Å². The summed E-state index contributed by atoms with van der Waals surface area (Å²) in [5.74, 6) is -1.49. The minimum absolute atomic E-state index is 0.0694. The van der Waals surface area contributed by atoms with E-state index in [-0.39, 0.29) is 19.0 Å². The van der Waals surface area contributed by atoms with Crippen molar-refractivity contribution in [2.45, 2.75) is 33.7 Å². The summed E-state index contributed by atoms with van der Waals surface area (Å²) >= 11 is 0. The van der Waals surface area contributed by atoms with Crippen LogP contribution in [0.1, 0.15) is 39.3 Å². The number of ether oxygens (including phenoxy) is 2. The van der Waals surface area contributed by atoms with Gasteiger partial charge in [-0.25, -0.2) is 22.7 Å². The Morgan fingerprint density at radius 2 is 1.63 bits per heavy atom. The van der Waals surface area contributed by atoms with Gasteiger partial charge < -0.3 is 9.47 Å². The van der Waals surface area contributed by atoms with Gasteiger partial charge in [-0.3, -0.25) is 0 Å². The van der Waals surface area contributed by atoms with Gasteiger partial charge in [0, 0.05) is 12.2 Å². The largest absolute Gasteiger partial charge is 0.463 e. The molecule has 0 spiro atoms. The van der Waals surface area contributed by atoms with E-state index in [0.29, 0.717) is 5.56 Å². The van der Waals surface area contributed by atoms with Crippen LogP contribution >= 0.6 is 0 Å². The Labute approximate surface area is 160 Å². The highest BCUT2D eigenvalue weighted by molar-refractivity contribution is 7.89. The molecule has 1 aromatic carbocycles. The molecule has 0 saturated carbocycles. The number of carbonyl (C=O) groups excluding carboxylic acids is 2. The zero-order valence-corrected chi connectivity index (χ0v) is 16.9. The minimum atomic E-state index is -3.60. The van der Waals surface area contributed by atoms with E-state index in [1.807, 2.05) is 20.8 Å². The lowest BCUT2D eigenvalue weighted by Gasteiger charge is -2.23. The van der Waals surface area contributed by atoms with Gasteiger partial charge in [0.2, 0.25) is 10.0 Å². The zero-order valence-electron chi connectivity index (χ0n) is 16.1. The van der Waals surface area contributed by atoms with Crippen molar-refractivity contribution in [1.82, 2.24) is 4.72 Å². The van der Waals surface area contributed by atoms with Gasteiger partial charge in [-0.15, -0.1) is 0 Å². The molecule has 8 heteroatoms. The molecule has 7 nitrogen and oxygen atoms in total. The molecule has 0 aliphatic rings. The third-order valence-electron chi connectivity index (χ3n) is 3.18. The zero-order chi connectivity index (χ0) is 20.5. The van der Waals surface area contributed by atoms with Crippen molar-refractivity contribution in [3.8, 4) is 0 Å². The summed E-state index contributed by atoms with van der Waals surface area (Å²) in [6.45, 7) is 7.11. The maximum atomic E-state index is 12.4. The Morgan fingerprint density at radius 1 is 1.07 bits per heavy atom. The second kappa shape index (κ2) is 10.2. The topological polar surface area (TPSA) is 98.8 Å². The van der Waals surface area contributed by atoms with Crippen LogP contribution in [-0.4, -0.2) is 39.3 Å². The normalized spacial score (nSPS) is 13.3. The predicted molar refractivity (Wildman–Crippen MR) is 102 cm³/mol. The smallest absolute Gasteiger partial charge is 0.331 e. The van der Waals surface area contributed by atoms with Crippen molar-refractivity contribution in [3.05, 3.63) is 48.0 Å².